The third-order valence-corrected chi connectivity index (χ3v) is 35.5. The summed E-state index contributed by atoms with van der Waals surface area (Å²) in [6.45, 7) is 25.2. The molecule has 0 radical (unpaired) electrons. The molecule has 0 amide bonds. The molecule has 1 aliphatic heterocycles. The summed E-state index contributed by atoms with van der Waals surface area (Å²) in [6.07, 6.45) is 0. The van der Waals surface area contributed by atoms with Crippen molar-refractivity contribution in [3.8, 4) is 0 Å². The minimum absolute atomic E-state index is 0.543. The zero-order valence-corrected chi connectivity index (χ0v) is 45.0. The van der Waals surface area contributed by atoms with E-state index in [-0.39, 0.29) is 0 Å². The molecule has 0 unspecified atom stereocenters. The normalized spacial score (nSPS) is 25.4. The van der Waals surface area contributed by atoms with Crippen LogP contribution in [0.5, 0.6) is 0 Å². The van der Waals surface area contributed by atoms with E-state index in [1.165, 1.54) is 0 Å². The van der Waals surface area contributed by atoms with Crippen LogP contribution in [0, 0.1) is 0 Å². The highest BCUT2D eigenvalue weighted by atomic mass is 35.5. The summed E-state index contributed by atoms with van der Waals surface area (Å²) in [5.74, 6) is 0. The van der Waals surface area contributed by atoms with Crippen LogP contribution in [0.25, 0.3) is 0 Å². The summed E-state index contributed by atoms with van der Waals surface area (Å²) in [5, 5.41) is 4.78. The zero-order chi connectivity index (χ0) is 41.6. The summed E-state index contributed by atoms with van der Waals surface area (Å²) >= 11 is 26.3. The average Bonchev–Trinajstić information content (AvgIpc) is 3.02. The third kappa shape index (κ3) is 11.8. The fourth-order valence-corrected chi connectivity index (χ4v) is 39.4. The molecule has 304 valence electrons. The molecule has 0 atom stereocenters. The van der Waals surface area contributed by atoms with Crippen molar-refractivity contribution < 1.29 is 32.9 Å². The molecule has 0 aliphatic carbocycles. The quantitative estimate of drug-likeness (QED) is 0.130. The summed E-state index contributed by atoms with van der Waals surface area (Å²) in [7, 11) is -27.7. The van der Waals surface area contributed by atoms with Crippen molar-refractivity contribution in [2.75, 3.05) is 0 Å². The topological polar surface area (TPSA) is 73.8 Å². The van der Waals surface area contributed by atoms with Gasteiger partial charge in [0.2, 0.25) is 0 Å². The number of hydrogen-bond acceptors (Lipinski definition) is 8. The van der Waals surface area contributed by atoms with E-state index in [2.05, 4.69) is 78.6 Å². The second-order valence-corrected chi connectivity index (χ2v) is 49.5. The van der Waals surface area contributed by atoms with Crippen molar-refractivity contribution >= 4 is 136 Å². The molecule has 56 heavy (non-hydrogen) atoms. The Labute approximate surface area is 361 Å². The highest BCUT2D eigenvalue weighted by Gasteiger charge is 2.72. The number of benzene rings is 4. The van der Waals surface area contributed by atoms with Crippen LogP contribution in [0.1, 0.15) is 0 Å². The highest BCUT2D eigenvalue weighted by molar-refractivity contribution is 7.06. The van der Waals surface area contributed by atoms with Gasteiger partial charge in [0.05, 0.1) is 0 Å². The standard InChI is InChI=1S/C36H52Cl4O8Si8/c1-49(2,3)41-53(33-21-13-29(37)14-22-33)45-54(42-50(4,5)6,34-23-15-30(38)16-24-34)47-56(44-52(10,11)12,36-27-19-32(40)20-28-36)48-55(46-53,43-51(7,8)9)35-25-17-31(39)18-26-35/h13-28H,1-12H3. The molecule has 1 saturated heterocycles. The maximum atomic E-state index is 7.88. The van der Waals surface area contributed by atoms with Crippen LogP contribution in [0.15, 0.2) is 97.1 Å². The Morgan fingerprint density at radius 3 is 0.571 bits per heavy atom. The fraction of sp³-hybridized carbons (Fsp3) is 0.333. The van der Waals surface area contributed by atoms with Crippen molar-refractivity contribution in [2.24, 2.45) is 0 Å². The van der Waals surface area contributed by atoms with E-state index in [9.17, 15) is 0 Å². The monoisotopic (exact) mass is 976 g/mol. The van der Waals surface area contributed by atoms with Crippen molar-refractivity contribution in [2.45, 2.75) is 78.6 Å². The Balaban J connectivity index is 2.04. The minimum Gasteiger partial charge on any atom is -0.413 e. The largest absolute Gasteiger partial charge is 0.512 e. The van der Waals surface area contributed by atoms with E-state index in [4.69, 9.17) is 79.3 Å². The molecule has 0 N–H and O–H groups in total. The molecule has 0 bridgehead atoms. The molecular formula is C36H52Cl4O8Si8. The lowest BCUT2D eigenvalue weighted by molar-refractivity contribution is 0.104. The summed E-state index contributed by atoms with van der Waals surface area (Å²) in [5.41, 5.74) is 0. The van der Waals surface area contributed by atoms with Crippen LogP contribution in [0.4, 0.5) is 0 Å². The van der Waals surface area contributed by atoms with Gasteiger partial charge in [0.15, 0.2) is 33.3 Å². The highest BCUT2D eigenvalue weighted by Crippen LogP contribution is 2.38. The Kier molecular flexibility index (Phi) is 14.2. The second kappa shape index (κ2) is 17.1. The van der Waals surface area contributed by atoms with E-state index >= 15 is 0 Å². The molecule has 5 rings (SSSR count). The Hall–Kier alpha value is -0.545. The van der Waals surface area contributed by atoms with Gasteiger partial charge in [-0.1, -0.05) is 94.9 Å². The van der Waals surface area contributed by atoms with Gasteiger partial charge in [0.25, 0.3) is 0 Å². The Morgan fingerprint density at radius 1 is 0.304 bits per heavy atom. The predicted octanol–water partition coefficient (Wildman–Crippen LogP) is 9.47. The van der Waals surface area contributed by atoms with Gasteiger partial charge in [0.1, 0.15) is 0 Å². The lowest BCUT2D eigenvalue weighted by Crippen LogP contribution is -2.84. The first-order valence-corrected chi connectivity index (χ1v) is 40.4. The molecule has 4 aromatic rings. The Morgan fingerprint density at radius 2 is 0.446 bits per heavy atom. The van der Waals surface area contributed by atoms with Gasteiger partial charge in [-0.15, -0.1) is 0 Å². The van der Waals surface area contributed by atoms with E-state index in [0.29, 0.717) is 40.8 Å². The molecule has 0 spiro atoms. The van der Waals surface area contributed by atoms with E-state index in [0.717, 1.165) is 0 Å². The van der Waals surface area contributed by atoms with Crippen LogP contribution < -0.4 is 20.7 Å². The first-order valence-electron chi connectivity index (χ1n) is 18.3. The van der Waals surface area contributed by atoms with Crippen molar-refractivity contribution in [1.82, 2.24) is 0 Å². The predicted molar refractivity (Wildman–Crippen MR) is 249 cm³/mol. The molecule has 0 aromatic heterocycles. The maximum Gasteiger partial charge on any atom is 0.512 e. The molecule has 8 nitrogen and oxygen atoms in total. The molecule has 1 fully saturated rings. The van der Waals surface area contributed by atoms with E-state index < -0.39 is 68.5 Å². The van der Waals surface area contributed by atoms with Gasteiger partial charge < -0.3 is 32.9 Å². The molecular weight excluding hydrogens is 927 g/mol. The number of rotatable bonds is 12. The second-order valence-electron chi connectivity index (χ2n) is 17.5. The first-order chi connectivity index (χ1) is 25.7. The van der Waals surface area contributed by atoms with Gasteiger partial charge in [-0.25, -0.2) is 0 Å². The van der Waals surface area contributed by atoms with Gasteiger partial charge in [-0.2, -0.15) is 0 Å². The van der Waals surface area contributed by atoms with Crippen LogP contribution in [-0.4, -0.2) is 68.5 Å². The lowest BCUT2D eigenvalue weighted by atomic mass is 10.4. The van der Waals surface area contributed by atoms with Crippen LogP contribution in [0.3, 0.4) is 0 Å². The SMILES string of the molecule is C[Si](C)(C)O[Si]1(c2ccc(Cl)cc2)O[Si](O[Si](C)(C)C)(c2ccc(Cl)cc2)O[Si](O[Si](C)(C)C)(c2ccc(Cl)cc2)O[Si](O[Si](C)(C)C)(c2ccc(Cl)cc2)O1. The average molecular weight is 979 g/mol. The fourth-order valence-electron chi connectivity index (χ4n) is 5.89. The maximum absolute atomic E-state index is 7.88. The van der Waals surface area contributed by atoms with Gasteiger partial charge in [-0.3, -0.25) is 0 Å². The summed E-state index contributed by atoms with van der Waals surface area (Å²) in [6, 6.07) is 29.6. The zero-order valence-electron chi connectivity index (χ0n) is 34.0. The van der Waals surface area contributed by atoms with E-state index in [1.54, 1.807) is 0 Å². The summed E-state index contributed by atoms with van der Waals surface area (Å²) in [4.78, 5) is 0. The third-order valence-electron chi connectivity index (χ3n) is 7.63. The molecule has 0 saturated carbocycles. The van der Waals surface area contributed by atoms with Crippen LogP contribution in [-0.2, 0) is 32.9 Å². The van der Waals surface area contributed by atoms with Crippen LogP contribution in [0.2, 0.25) is 98.7 Å². The lowest BCUT2D eigenvalue weighted by Gasteiger charge is -2.53. The van der Waals surface area contributed by atoms with Gasteiger partial charge in [-0.05, 0) is 127 Å². The van der Waals surface area contributed by atoms with Crippen molar-refractivity contribution in [3.05, 3.63) is 117 Å². The molecule has 4 aromatic carbocycles. The molecule has 1 aliphatic rings. The van der Waals surface area contributed by atoms with Gasteiger partial charge >= 0.3 is 35.2 Å². The van der Waals surface area contributed by atoms with Crippen molar-refractivity contribution in [3.63, 3.8) is 0 Å². The van der Waals surface area contributed by atoms with Crippen LogP contribution >= 0.6 is 46.4 Å². The molecule has 1 heterocycles. The van der Waals surface area contributed by atoms with Gasteiger partial charge in [0, 0.05) is 40.8 Å². The van der Waals surface area contributed by atoms with Crippen molar-refractivity contribution in [1.29, 1.82) is 0 Å². The van der Waals surface area contributed by atoms with E-state index in [1.807, 2.05) is 97.1 Å². The first kappa shape index (κ1) is 46.5. The number of hydrogen-bond donors (Lipinski definition) is 0. The summed E-state index contributed by atoms with van der Waals surface area (Å²) < 4.78 is 61.3. The minimum atomic E-state index is -4.33. The Bertz CT molecular complexity index is 1660. The molecule has 20 heteroatoms. The smallest absolute Gasteiger partial charge is 0.413 e. The number of halogens is 4.